The van der Waals surface area contributed by atoms with Crippen LogP contribution < -0.4 is 5.32 Å². The summed E-state index contributed by atoms with van der Waals surface area (Å²) in [4.78, 5) is 0. The lowest BCUT2D eigenvalue weighted by molar-refractivity contribution is 0.0925. The third-order valence-electron chi connectivity index (χ3n) is 4.70. The van der Waals surface area contributed by atoms with E-state index in [2.05, 4.69) is 50.4 Å². The lowest BCUT2D eigenvalue weighted by Gasteiger charge is -2.46. The van der Waals surface area contributed by atoms with Gasteiger partial charge in [-0.15, -0.1) is 0 Å². The summed E-state index contributed by atoms with van der Waals surface area (Å²) in [6.45, 7) is 6.88. The maximum absolute atomic E-state index is 9.90. The van der Waals surface area contributed by atoms with Crippen molar-refractivity contribution >= 4 is 5.69 Å². The van der Waals surface area contributed by atoms with Gasteiger partial charge in [-0.1, -0.05) is 38.8 Å². The Morgan fingerprint density at radius 3 is 2.83 bits per heavy atom. The number of rotatable bonds is 3. The second-order valence-corrected chi connectivity index (χ2v) is 5.97. The highest BCUT2D eigenvalue weighted by molar-refractivity contribution is 5.48. The number of aliphatic hydroxyl groups excluding tert-OH is 1. The molecule has 0 amide bonds. The van der Waals surface area contributed by atoms with Gasteiger partial charge in [0.1, 0.15) is 0 Å². The van der Waals surface area contributed by atoms with E-state index in [1.165, 1.54) is 18.4 Å². The maximum atomic E-state index is 9.90. The van der Waals surface area contributed by atoms with Crippen LogP contribution in [0.5, 0.6) is 0 Å². The van der Waals surface area contributed by atoms with E-state index in [-0.39, 0.29) is 12.1 Å². The molecule has 0 saturated heterocycles. The number of benzene rings is 1. The normalized spacial score (nSPS) is 32.2. The largest absolute Gasteiger partial charge is 0.394 e. The second-order valence-electron chi connectivity index (χ2n) is 5.97. The number of aliphatic hydroxyl groups is 1. The molecule has 1 aliphatic carbocycles. The topological polar surface area (TPSA) is 32.3 Å². The number of hydrogen-bond donors (Lipinski definition) is 2. The summed E-state index contributed by atoms with van der Waals surface area (Å²) < 4.78 is 0. The van der Waals surface area contributed by atoms with Crippen LogP contribution in [0.25, 0.3) is 0 Å². The van der Waals surface area contributed by atoms with Crippen LogP contribution in [0.15, 0.2) is 24.3 Å². The molecule has 0 aromatic heterocycles. The molecule has 0 spiro atoms. The Labute approximate surface area is 110 Å². The summed E-state index contributed by atoms with van der Waals surface area (Å²) in [7, 11) is 0. The highest BCUT2D eigenvalue weighted by atomic mass is 16.3. The number of anilines is 1. The minimum Gasteiger partial charge on any atom is -0.394 e. The van der Waals surface area contributed by atoms with E-state index in [1.54, 1.807) is 0 Å². The molecule has 18 heavy (non-hydrogen) atoms. The molecule has 100 valence electrons. The van der Waals surface area contributed by atoms with Crippen LogP contribution in [0.3, 0.4) is 0 Å². The molecular weight excluding hydrogens is 222 g/mol. The van der Waals surface area contributed by atoms with E-state index < -0.39 is 0 Å². The molecule has 0 aliphatic heterocycles. The standard InChI is InChI=1S/C16H25NO/c1-12-6-4-8-15(10-12)17-16(11-18)9-5-7-13(2)14(16)3/h4,6,8,10,13-14,17-18H,5,7,9,11H2,1-3H3. The van der Waals surface area contributed by atoms with Crippen LogP contribution in [0, 0.1) is 18.8 Å². The van der Waals surface area contributed by atoms with Gasteiger partial charge < -0.3 is 10.4 Å². The SMILES string of the molecule is Cc1cccc(NC2(CO)CCCC(C)C2C)c1. The highest BCUT2D eigenvalue weighted by Crippen LogP contribution is 2.39. The zero-order valence-electron chi connectivity index (χ0n) is 11.7. The Hall–Kier alpha value is -1.02. The first-order valence-corrected chi connectivity index (χ1v) is 7.03. The smallest absolute Gasteiger partial charge is 0.0664 e. The van der Waals surface area contributed by atoms with Crippen LogP contribution in [-0.4, -0.2) is 17.3 Å². The van der Waals surface area contributed by atoms with Gasteiger partial charge in [0.2, 0.25) is 0 Å². The Balaban J connectivity index is 2.22. The number of aryl methyl sites for hydroxylation is 1. The lowest BCUT2D eigenvalue weighted by Crippen LogP contribution is -2.52. The van der Waals surface area contributed by atoms with Crippen molar-refractivity contribution in [3.8, 4) is 0 Å². The molecule has 1 aromatic carbocycles. The fraction of sp³-hybridized carbons (Fsp3) is 0.625. The molecule has 2 nitrogen and oxygen atoms in total. The molecule has 1 aliphatic rings. The molecule has 3 unspecified atom stereocenters. The molecule has 2 rings (SSSR count). The zero-order valence-corrected chi connectivity index (χ0v) is 11.7. The first-order valence-electron chi connectivity index (χ1n) is 7.03. The summed E-state index contributed by atoms with van der Waals surface area (Å²) in [5, 5.41) is 13.5. The van der Waals surface area contributed by atoms with E-state index in [9.17, 15) is 5.11 Å². The van der Waals surface area contributed by atoms with Crippen molar-refractivity contribution in [1.82, 2.24) is 0 Å². The van der Waals surface area contributed by atoms with Crippen molar-refractivity contribution in [2.24, 2.45) is 11.8 Å². The van der Waals surface area contributed by atoms with Gasteiger partial charge in [-0.2, -0.15) is 0 Å². The quantitative estimate of drug-likeness (QED) is 0.855. The molecule has 0 radical (unpaired) electrons. The van der Waals surface area contributed by atoms with Gasteiger partial charge in [0.05, 0.1) is 12.1 Å². The molecule has 0 heterocycles. The predicted octanol–water partition coefficient (Wildman–Crippen LogP) is 3.59. The fourth-order valence-electron chi connectivity index (χ4n) is 3.21. The molecule has 1 aromatic rings. The van der Waals surface area contributed by atoms with Crippen molar-refractivity contribution in [2.45, 2.75) is 45.6 Å². The van der Waals surface area contributed by atoms with Crippen LogP contribution >= 0.6 is 0 Å². The van der Waals surface area contributed by atoms with Crippen molar-refractivity contribution < 1.29 is 5.11 Å². The van der Waals surface area contributed by atoms with Crippen molar-refractivity contribution in [3.05, 3.63) is 29.8 Å². The van der Waals surface area contributed by atoms with Crippen LogP contribution in [0.1, 0.15) is 38.7 Å². The summed E-state index contributed by atoms with van der Waals surface area (Å²) in [6, 6.07) is 8.42. The Morgan fingerprint density at radius 1 is 1.39 bits per heavy atom. The molecule has 0 bridgehead atoms. The zero-order chi connectivity index (χ0) is 13.2. The van der Waals surface area contributed by atoms with Crippen LogP contribution in [0.4, 0.5) is 5.69 Å². The van der Waals surface area contributed by atoms with Crippen LogP contribution in [0.2, 0.25) is 0 Å². The number of hydrogen-bond acceptors (Lipinski definition) is 2. The van der Waals surface area contributed by atoms with E-state index in [0.29, 0.717) is 11.8 Å². The van der Waals surface area contributed by atoms with Crippen LogP contribution in [-0.2, 0) is 0 Å². The van der Waals surface area contributed by atoms with Gasteiger partial charge in [-0.25, -0.2) is 0 Å². The minimum absolute atomic E-state index is 0.147. The Kier molecular flexibility index (Phi) is 3.96. The molecule has 2 heteroatoms. The second kappa shape index (κ2) is 5.31. The molecule has 1 saturated carbocycles. The molecule has 1 fully saturated rings. The minimum atomic E-state index is -0.147. The third-order valence-corrected chi connectivity index (χ3v) is 4.70. The average molecular weight is 247 g/mol. The van der Waals surface area contributed by atoms with Crippen molar-refractivity contribution in [3.63, 3.8) is 0 Å². The number of nitrogens with one attached hydrogen (secondary N) is 1. The van der Waals surface area contributed by atoms with E-state index >= 15 is 0 Å². The van der Waals surface area contributed by atoms with E-state index in [4.69, 9.17) is 0 Å². The van der Waals surface area contributed by atoms with Gasteiger partial charge in [0, 0.05) is 5.69 Å². The van der Waals surface area contributed by atoms with Gasteiger partial charge in [-0.05, 0) is 42.9 Å². The van der Waals surface area contributed by atoms with Gasteiger partial charge in [0.15, 0.2) is 0 Å². The third kappa shape index (κ3) is 2.54. The van der Waals surface area contributed by atoms with Gasteiger partial charge in [0.25, 0.3) is 0 Å². The summed E-state index contributed by atoms with van der Waals surface area (Å²) in [5.41, 5.74) is 2.24. The first-order chi connectivity index (χ1) is 8.57. The fourth-order valence-corrected chi connectivity index (χ4v) is 3.21. The monoisotopic (exact) mass is 247 g/mol. The van der Waals surface area contributed by atoms with Gasteiger partial charge in [-0.3, -0.25) is 0 Å². The highest BCUT2D eigenvalue weighted by Gasteiger charge is 2.40. The summed E-state index contributed by atoms with van der Waals surface area (Å²) in [6.07, 6.45) is 3.53. The molecule has 2 N–H and O–H groups in total. The first kappa shape index (κ1) is 13.4. The van der Waals surface area contributed by atoms with Crippen molar-refractivity contribution in [2.75, 3.05) is 11.9 Å². The summed E-state index contributed by atoms with van der Waals surface area (Å²) in [5.74, 6) is 1.17. The Bertz CT molecular complexity index is 404. The van der Waals surface area contributed by atoms with Crippen molar-refractivity contribution in [1.29, 1.82) is 0 Å². The van der Waals surface area contributed by atoms with E-state index in [1.807, 2.05) is 0 Å². The molecular formula is C16H25NO. The summed E-state index contributed by atoms with van der Waals surface area (Å²) >= 11 is 0. The molecule has 3 atom stereocenters. The Morgan fingerprint density at radius 2 is 2.17 bits per heavy atom. The van der Waals surface area contributed by atoms with Gasteiger partial charge >= 0.3 is 0 Å². The van der Waals surface area contributed by atoms with E-state index in [0.717, 1.165) is 12.1 Å². The predicted molar refractivity (Wildman–Crippen MR) is 76.8 cm³/mol. The average Bonchev–Trinajstić information content (AvgIpc) is 2.35. The lowest BCUT2D eigenvalue weighted by atomic mass is 9.68. The maximum Gasteiger partial charge on any atom is 0.0664 e.